The van der Waals surface area contributed by atoms with Gasteiger partial charge in [-0.15, -0.1) is 0 Å². The molecule has 2 N–H and O–H groups in total. The van der Waals surface area contributed by atoms with E-state index < -0.39 is 0 Å². The van der Waals surface area contributed by atoms with Crippen LogP contribution in [0.3, 0.4) is 0 Å². The van der Waals surface area contributed by atoms with E-state index in [9.17, 15) is 9.90 Å². The number of fused-ring (bicyclic) bond motifs is 3. The summed E-state index contributed by atoms with van der Waals surface area (Å²) in [5, 5.41) is 11.2. The molecule has 3 aromatic rings. The number of H-pyrrole nitrogens is 1. The van der Waals surface area contributed by atoms with Crippen LogP contribution in [0.15, 0.2) is 53.3 Å². The zero-order valence-corrected chi connectivity index (χ0v) is 12.3. The minimum absolute atomic E-state index is 0.0530. The summed E-state index contributed by atoms with van der Waals surface area (Å²) >= 11 is 6.04. The predicted octanol–water partition coefficient (Wildman–Crippen LogP) is 3.97. The maximum Gasteiger partial charge on any atom is 0.260 e. The normalized spacial score (nSPS) is 12.0. The molecule has 0 fully saturated rings. The third-order valence-corrected chi connectivity index (χ3v) is 4.30. The number of halogens is 1. The van der Waals surface area contributed by atoms with Gasteiger partial charge >= 0.3 is 0 Å². The molecule has 22 heavy (non-hydrogen) atoms. The third-order valence-electron chi connectivity index (χ3n) is 4.06. The van der Waals surface area contributed by atoms with Crippen LogP contribution >= 0.6 is 11.6 Å². The van der Waals surface area contributed by atoms with Crippen LogP contribution in [0.5, 0.6) is 5.75 Å². The number of hydrogen-bond acceptors (Lipinski definition) is 2. The molecule has 0 aliphatic heterocycles. The molecule has 0 atom stereocenters. The van der Waals surface area contributed by atoms with Crippen LogP contribution in [-0.4, -0.2) is 10.1 Å². The van der Waals surface area contributed by atoms with Gasteiger partial charge in [-0.2, -0.15) is 0 Å². The number of pyridine rings is 1. The summed E-state index contributed by atoms with van der Waals surface area (Å²) in [5.41, 5.74) is 4.08. The Kier molecular flexibility index (Phi) is 2.84. The Morgan fingerprint density at radius 3 is 2.64 bits per heavy atom. The lowest BCUT2D eigenvalue weighted by Gasteiger charge is -2.09. The Labute approximate surface area is 131 Å². The van der Waals surface area contributed by atoms with E-state index in [1.807, 2.05) is 48.5 Å². The predicted molar refractivity (Wildman–Crippen MR) is 87.4 cm³/mol. The van der Waals surface area contributed by atoms with Gasteiger partial charge < -0.3 is 10.1 Å². The van der Waals surface area contributed by atoms with Gasteiger partial charge in [0, 0.05) is 22.6 Å². The molecular weight excluding hydrogens is 298 g/mol. The number of aromatic hydroxyl groups is 1. The first-order valence-electron chi connectivity index (χ1n) is 6.97. The minimum Gasteiger partial charge on any atom is -0.507 e. The van der Waals surface area contributed by atoms with Gasteiger partial charge in [-0.3, -0.25) is 4.79 Å². The van der Waals surface area contributed by atoms with E-state index in [0.717, 1.165) is 16.7 Å². The average molecular weight is 310 g/mol. The van der Waals surface area contributed by atoms with Crippen molar-refractivity contribution in [1.29, 1.82) is 0 Å². The number of aromatic amines is 1. The number of benzene rings is 2. The van der Waals surface area contributed by atoms with Gasteiger partial charge in [-0.05, 0) is 23.3 Å². The lowest BCUT2D eigenvalue weighted by atomic mass is 10.0. The van der Waals surface area contributed by atoms with E-state index in [2.05, 4.69) is 4.98 Å². The molecule has 0 spiro atoms. The topological polar surface area (TPSA) is 53.1 Å². The summed E-state index contributed by atoms with van der Waals surface area (Å²) in [7, 11) is 0. The summed E-state index contributed by atoms with van der Waals surface area (Å²) in [6.45, 7) is 0. The van der Waals surface area contributed by atoms with Crippen molar-refractivity contribution >= 4 is 11.6 Å². The van der Waals surface area contributed by atoms with Crippen LogP contribution in [0.4, 0.5) is 0 Å². The number of hydrogen-bond donors (Lipinski definition) is 2. The maximum absolute atomic E-state index is 12.4. The lowest BCUT2D eigenvalue weighted by Crippen LogP contribution is -2.11. The molecular formula is C18H12ClNO2. The van der Waals surface area contributed by atoms with Crippen molar-refractivity contribution in [2.75, 3.05) is 0 Å². The smallest absolute Gasteiger partial charge is 0.260 e. The fourth-order valence-electron chi connectivity index (χ4n) is 3.03. The molecule has 1 aliphatic carbocycles. The molecule has 4 rings (SSSR count). The Morgan fingerprint density at radius 2 is 1.86 bits per heavy atom. The summed E-state index contributed by atoms with van der Waals surface area (Å²) in [5.74, 6) is 0.0530. The van der Waals surface area contributed by atoms with Crippen molar-refractivity contribution in [1.82, 2.24) is 4.98 Å². The van der Waals surface area contributed by atoms with Gasteiger partial charge in [0.05, 0.1) is 11.3 Å². The van der Waals surface area contributed by atoms with Crippen molar-refractivity contribution in [3.05, 3.63) is 75.0 Å². The van der Waals surface area contributed by atoms with Crippen LogP contribution in [0.2, 0.25) is 5.02 Å². The van der Waals surface area contributed by atoms with Crippen LogP contribution in [-0.2, 0) is 6.42 Å². The van der Waals surface area contributed by atoms with Gasteiger partial charge in [-0.25, -0.2) is 0 Å². The van der Waals surface area contributed by atoms with Crippen LogP contribution < -0.4 is 5.56 Å². The molecule has 0 saturated carbocycles. The van der Waals surface area contributed by atoms with Gasteiger partial charge in [0.1, 0.15) is 5.75 Å². The van der Waals surface area contributed by atoms with Crippen molar-refractivity contribution in [2.24, 2.45) is 0 Å². The van der Waals surface area contributed by atoms with Crippen LogP contribution in [0.25, 0.3) is 22.4 Å². The van der Waals surface area contributed by atoms with E-state index in [4.69, 9.17) is 11.6 Å². The zero-order valence-electron chi connectivity index (χ0n) is 11.6. The molecule has 1 aromatic heterocycles. The highest BCUT2D eigenvalue weighted by Crippen LogP contribution is 2.42. The second-order valence-electron chi connectivity index (χ2n) is 5.38. The first kappa shape index (κ1) is 13.2. The highest BCUT2D eigenvalue weighted by atomic mass is 35.5. The van der Waals surface area contributed by atoms with Crippen molar-refractivity contribution in [3.8, 4) is 28.1 Å². The number of aromatic nitrogens is 1. The molecule has 0 bridgehead atoms. The Balaban J connectivity index is 1.99. The monoisotopic (exact) mass is 309 g/mol. The van der Waals surface area contributed by atoms with Crippen LogP contribution in [0, 0.1) is 0 Å². The van der Waals surface area contributed by atoms with E-state index >= 15 is 0 Å². The van der Waals surface area contributed by atoms with Gasteiger partial charge in [0.15, 0.2) is 0 Å². The lowest BCUT2D eigenvalue weighted by molar-refractivity contribution is 0.471. The highest BCUT2D eigenvalue weighted by Gasteiger charge is 2.26. The first-order chi connectivity index (χ1) is 10.6. The van der Waals surface area contributed by atoms with Gasteiger partial charge in [0.2, 0.25) is 0 Å². The highest BCUT2D eigenvalue weighted by molar-refractivity contribution is 6.31. The fourth-order valence-corrected chi connectivity index (χ4v) is 3.20. The average Bonchev–Trinajstić information content (AvgIpc) is 2.87. The maximum atomic E-state index is 12.4. The molecule has 1 aliphatic rings. The quantitative estimate of drug-likeness (QED) is 0.559. The van der Waals surface area contributed by atoms with Crippen molar-refractivity contribution in [3.63, 3.8) is 0 Å². The zero-order chi connectivity index (χ0) is 15.3. The summed E-state index contributed by atoms with van der Waals surface area (Å²) in [6.07, 6.45) is 0.588. The van der Waals surface area contributed by atoms with E-state index in [1.54, 1.807) is 0 Å². The van der Waals surface area contributed by atoms with E-state index in [0.29, 0.717) is 28.3 Å². The molecule has 4 heteroatoms. The molecule has 3 nitrogen and oxygen atoms in total. The third kappa shape index (κ3) is 1.86. The van der Waals surface area contributed by atoms with Crippen molar-refractivity contribution in [2.45, 2.75) is 6.42 Å². The van der Waals surface area contributed by atoms with Crippen LogP contribution in [0.1, 0.15) is 11.1 Å². The molecule has 1 heterocycles. The second-order valence-corrected chi connectivity index (χ2v) is 5.81. The van der Waals surface area contributed by atoms with E-state index in [-0.39, 0.29) is 11.3 Å². The molecule has 0 unspecified atom stereocenters. The molecule has 0 saturated heterocycles. The van der Waals surface area contributed by atoms with Gasteiger partial charge in [0.25, 0.3) is 5.56 Å². The fraction of sp³-hybridized carbons (Fsp3) is 0.0556. The molecule has 2 aromatic carbocycles. The number of rotatable bonds is 1. The summed E-state index contributed by atoms with van der Waals surface area (Å²) < 4.78 is 0. The number of nitrogens with one attached hydrogen (secondary N) is 1. The second kappa shape index (κ2) is 4.75. The molecule has 0 radical (unpaired) electrons. The minimum atomic E-state index is -0.296. The Hall–Kier alpha value is -2.52. The largest absolute Gasteiger partial charge is 0.507 e. The SMILES string of the molecule is O=c1[nH]c2c(c(O)c1-c1ccccc1)Cc1ccc(Cl)cc1-2. The Morgan fingerprint density at radius 1 is 1.09 bits per heavy atom. The molecule has 0 amide bonds. The van der Waals surface area contributed by atoms with Gasteiger partial charge in [-0.1, -0.05) is 48.0 Å². The summed E-state index contributed by atoms with van der Waals surface area (Å²) in [4.78, 5) is 15.4. The summed E-state index contributed by atoms with van der Waals surface area (Å²) in [6, 6.07) is 14.8. The molecule has 108 valence electrons. The standard InChI is InChI=1S/C18H12ClNO2/c19-12-7-6-11-8-14-16(13(11)9-12)20-18(22)15(17(14)21)10-4-2-1-3-5-10/h1-7,9H,8H2,(H2,20,21,22). The first-order valence-corrected chi connectivity index (χ1v) is 7.35. The van der Waals surface area contributed by atoms with E-state index in [1.165, 1.54) is 0 Å². The Bertz CT molecular complexity index is 945. The van der Waals surface area contributed by atoms with Crippen molar-refractivity contribution < 1.29 is 5.11 Å².